The number of hydrogen-bond donors (Lipinski definition) is 1. The lowest BCUT2D eigenvalue weighted by Gasteiger charge is -2.37. The number of carbonyl (C=O) groups is 3. The molecule has 1 N–H and O–H groups in total. The molecule has 244 valence electrons. The van der Waals surface area contributed by atoms with Gasteiger partial charge >= 0.3 is 18.0 Å². The number of cyclic esters (lactones) is 1. The van der Waals surface area contributed by atoms with Crippen molar-refractivity contribution in [3.63, 3.8) is 0 Å². The summed E-state index contributed by atoms with van der Waals surface area (Å²) >= 11 is 0. The lowest BCUT2D eigenvalue weighted by Crippen LogP contribution is -2.48. The lowest BCUT2D eigenvalue weighted by molar-refractivity contribution is -0.190. The van der Waals surface area contributed by atoms with E-state index in [9.17, 15) is 14.4 Å². The molecular formula is C36H59NO6. The molecule has 0 aliphatic carbocycles. The van der Waals surface area contributed by atoms with Crippen molar-refractivity contribution in [2.45, 2.75) is 162 Å². The summed E-state index contributed by atoms with van der Waals surface area (Å²) in [5.74, 6) is -0.520. The van der Waals surface area contributed by atoms with Gasteiger partial charge in [0, 0.05) is 6.42 Å². The van der Waals surface area contributed by atoms with E-state index in [2.05, 4.69) is 19.2 Å². The molecule has 0 aromatic heterocycles. The Morgan fingerprint density at radius 1 is 0.860 bits per heavy atom. The van der Waals surface area contributed by atoms with Crippen LogP contribution in [-0.2, 0) is 30.4 Å². The van der Waals surface area contributed by atoms with Crippen molar-refractivity contribution in [3.05, 3.63) is 35.9 Å². The molecule has 1 aromatic rings. The molecule has 1 aliphatic rings. The highest BCUT2D eigenvalue weighted by atomic mass is 16.6. The first-order valence-corrected chi connectivity index (χ1v) is 17.2. The van der Waals surface area contributed by atoms with Crippen LogP contribution in [0.3, 0.4) is 0 Å². The van der Waals surface area contributed by atoms with Crippen LogP contribution in [0, 0.1) is 11.8 Å². The summed E-state index contributed by atoms with van der Waals surface area (Å²) in [5.41, 5.74) is 0.876. The Hall–Kier alpha value is -2.57. The Labute approximate surface area is 261 Å². The third-order valence-corrected chi connectivity index (χ3v) is 8.29. The molecule has 0 radical (unpaired) electrons. The summed E-state index contributed by atoms with van der Waals surface area (Å²) < 4.78 is 17.0. The minimum atomic E-state index is -0.803. The number of amides is 1. The molecule has 1 heterocycles. The molecule has 2 rings (SSSR count). The predicted molar refractivity (Wildman–Crippen MR) is 171 cm³/mol. The van der Waals surface area contributed by atoms with Crippen LogP contribution in [0.2, 0.25) is 0 Å². The first-order valence-electron chi connectivity index (χ1n) is 17.2. The summed E-state index contributed by atoms with van der Waals surface area (Å²) in [6.45, 7) is 8.56. The van der Waals surface area contributed by atoms with Gasteiger partial charge in [0.1, 0.15) is 24.9 Å². The van der Waals surface area contributed by atoms with Crippen molar-refractivity contribution in [1.29, 1.82) is 0 Å². The van der Waals surface area contributed by atoms with Gasteiger partial charge in [0.05, 0.1) is 5.92 Å². The molecule has 1 amide bonds. The molecular weight excluding hydrogens is 542 g/mol. The second-order valence-corrected chi connectivity index (χ2v) is 12.7. The molecule has 0 unspecified atom stereocenters. The van der Waals surface area contributed by atoms with E-state index in [1.807, 2.05) is 44.2 Å². The van der Waals surface area contributed by atoms with Crippen molar-refractivity contribution >= 4 is 18.0 Å². The maximum Gasteiger partial charge on any atom is 0.408 e. The van der Waals surface area contributed by atoms with Crippen molar-refractivity contribution in [2.75, 3.05) is 0 Å². The van der Waals surface area contributed by atoms with Gasteiger partial charge in [-0.2, -0.15) is 0 Å². The summed E-state index contributed by atoms with van der Waals surface area (Å²) in [7, 11) is 0. The molecule has 1 saturated heterocycles. The van der Waals surface area contributed by atoms with Gasteiger partial charge < -0.3 is 19.5 Å². The quantitative estimate of drug-likeness (QED) is 0.0722. The summed E-state index contributed by atoms with van der Waals surface area (Å²) in [6, 6.07) is 8.64. The number of esters is 2. The largest absolute Gasteiger partial charge is 0.461 e. The monoisotopic (exact) mass is 601 g/mol. The highest BCUT2D eigenvalue weighted by Crippen LogP contribution is 2.33. The fourth-order valence-corrected chi connectivity index (χ4v) is 5.71. The molecule has 7 heteroatoms. The highest BCUT2D eigenvalue weighted by molar-refractivity contribution is 5.81. The zero-order valence-corrected chi connectivity index (χ0v) is 27.5. The zero-order chi connectivity index (χ0) is 31.3. The number of carbonyl (C=O) groups excluding carboxylic acids is 3. The van der Waals surface area contributed by atoms with E-state index in [-0.39, 0.29) is 36.6 Å². The van der Waals surface area contributed by atoms with Gasteiger partial charge in [0.25, 0.3) is 0 Å². The molecule has 43 heavy (non-hydrogen) atoms. The summed E-state index contributed by atoms with van der Waals surface area (Å²) in [4.78, 5) is 38.3. The van der Waals surface area contributed by atoms with Crippen LogP contribution in [0.25, 0.3) is 0 Å². The first kappa shape index (κ1) is 36.6. The maximum atomic E-state index is 13.4. The third kappa shape index (κ3) is 15.6. The lowest BCUT2D eigenvalue weighted by atomic mass is 9.86. The Morgan fingerprint density at radius 3 is 2.07 bits per heavy atom. The van der Waals surface area contributed by atoms with E-state index >= 15 is 0 Å². The van der Waals surface area contributed by atoms with Crippen molar-refractivity contribution in [3.8, 4) is 0 Å². The van der Waals surface area contributed by atoms with E-state index in [1.165, 1.54) is 51.4 Å². The smallest absolute Gasteiger partial charge is 0.408 e. The van der Waals surface area contributed by atoms with E-state index < -0.39 is 18.1 Å². The normalized spacial score (nSPS) is 17.6. The van der Waals surface area contributed by atoms with Crippen LogP contribution < -0.4 is 5.32 Å². The molecule has 0 saturated carbocycles. The van der Waals surface area contributed by atoms with Crippen molar-refractivity contribution in [1.82, 2.24) is 5.32 Å². The number of alkyl carbamates (subject to hydrolysis) is 1. The van der Waals surface area contributed by atoms with Gasteiger partial charge in [-0.3, -0.25) is 4.79 Å². The minimum absolute atomic E-state index is 0.112. The highest BCUT2D eigenvalue weighted by Gasteiger charge is 2.43. The summed E-state index contributed by atoms with van der Waals surface area (Å²) in [6.07, 6.45) is 16.7. The molecule has 0 spiro atoms. The van der Waals surface area contributed by atoms with Crippen LogP contribution in [0.1, 0.15) is 142 Å². The van der Waals surface area contributed by atoms with Gasteiger partial charge in [0.2, 0.25) is 0 Å². The maximum absolute atomic E-state index is 13.4. The number of rotatable bonds is 24. The van der Waals surface area contributed by atoms with E-state index in [0.717, 1.165) is 50.5 Å². The fourth-order valence-electron chi connectivity index (χ4n) is 5.71. The van der Waals surface area contributed by atoms with E-state index in [0.29, 0.717) is 12.8 Å². The Kier molecular flexibility index (Phi) is 18.7. The number of benzene rings is 1. The molecule has 1 aromatic carbocycles. The van der Waals surface area contributed by atoms with Crippen LogP contribution in [0.4, 0.5) is 4.79 Å². The number of unbranched alkanes of at least 4 members (excludes halogenated alkanes) is 11. The predicted octanol–water partition coefficient (Wildman–Crippen LogP) is 9.06. The molecule has 1 fully saturated rings. The molecule has 7 nitrogen and oxygen atoms in total. The van der Waals surface area contributed by atoms with Gasteiger partial charge in [-0.05, 0) is 37.2 Å². The van der Waals surface area contributed by atoms with Crippen molar-refractivity contribution < 1.29 is 28.6 Å². The zero-order valence-electron chi connectivity index (χ0n) is 27.5. The minimum Gasteiger partial charge on any atom is -0.461 e. The average molecular weight is 602 g/mol. The molecule has 0 bridgehead atoms. The van der Waals surface area contributed by atoms with Gasteiger partial charge in [-0.15, -0.1) is 0 Å². The average Bonchev–Trinajstić information content (AvgIpc) is 2.98. The second kappa shape index (κ2) is 22.0. The van der Waals surface area contributed by atoms with Crippen LogP contribution in [-0.4, -0.2) is 36.3 Å². The number of ether oxygens (including phenoxy) is 3. The topological polar surface area (TPSA) is 90.9 Å². The summed E-state index contributed by atoms with van der Waals surface area (Å²) in [5, 5.41) is 2.74. The van der Waals surface area contributed by atoms with Crippen molar-refractivity contribution in [2.24, 2.45) is 11.8 Å². The van der Waals surface area contributed by atoms with Gasteiger partial charge in [-0.1, -0.05) is 135 Å². The van der Waals surface area contributed by atoms with Crippen LogP contribution >= 0.6 is 0 Å². The Balaban J connectivity index is 1.94. The van der Waals surface area contributed by atoms with E-state index in [4.69, 9.17) is 14.2 Å². The molecule has 1 aliphatic heterocycles. The molecule has 4 atom stereocenters. The fraction of sp³-hybridized carbons (Fsp3) is 0.750. The van der Waals surface area contributed by atoms with Gasteiger partial charge in [-0.25, -0.2) is 9.59 Å². The SMILES string of the molecule is CCCCCCCCCCC[C@H](C[C@H]1OC(=O)[C@@H]1CCCCCC)OC(=O)[C@@H](CC(C)C)NC(=O)OCc1ccccc1. The standard InChI is InChI=1S/C36H59NO6/c1-5-7-9-11-12-13-14-15-19-23-30(26-33-31(34(38)43-33)24-20-10-8-6-2)42-35(39)32(25-28(3)4)37-36(40)41-27-29-21-17-16-18-22-29/h16-18,21-22,28,30-33H,5-15,19-20,23-27H2,1-4H3,(H,37,40)/t30-,31-,32-,33-/m1/s1. The first-order chi connectivity index (χ1) is 20.8. The number of nitrogens with one attached hydrogen (secondary N) is 1. The second-order valence-electron chi connectivity index (χ2n) is 12.7. The Bertz CT molecular complexity index is 904. The third-order valence-electron chi connectivity index (χ3n) is 8.29. The van der Waals surface area contributed by atoms with Crippen LogP contribution in [0.5, 0.6) is 0 Å². The van der Waals surface area contributed by atoms with Gasteiger partial charge in [0.15, 0.2) is 0 Å². The number of hydrogen-bond acceptors (Lipinski definition) is 6. The van der Waals surface area contributed by atoms with Crippen LogP contribution in [0.15, 0.2) is 30.3 Å². The Morgan fingerprint density at radius 2 is 1.47 bits per heavy atom. The van der Waals surface area contributed by atoms with E-state index in [1.54, 1.807) is 0 Å².